The molecule has 3 rings (SSSR count). The van der Waals surface area contributed by atoms with E-state index < -0.39 is 10.8 Å². The second-order valence-electron chi connectivity index (χ2n) is 4.08. The number of rotatable bonds is 6. The lowest BCUT2D eigenvalue weighted by molar-refractivity contribution is 0.390. The van der Waals surface area contributed by atoms with E-state index in [1.807, 2.05) is 29.1 Å². The quantitative estimate of drug-likeness (QED) is 0.696. The molecular weight excluding hydrogens is 296 g/mol. The third-order valence-electron chi connectivity index (χ3n) is 2.64. The summed E-state index contributed by atoms with van der Waals surface area (Å²) in [6, 6.07) is 3.77. The lowest BCUT2D eigenvalue weighted by Gasteiger charge is -1.99. The lowest BCUT2D eigenvalue weighted by atomic mass is 10.3. The van der Waals surface area contributed by atoms with E-state index in [-0.39, 0.29) is 5.75 Å². The Balaban J connectivity index is 1.56. The van der Waals surface area contributed by atoms with Gasteiger partial charge >= 0.3 is 0 Å². The zero-order valence-electron chi connectivity index (χ0n) is 10.5. The Labute approximate surface area is 121 Å². The molecule has 0 spiro atoms. The second-order valence-corrected chi connectivity index (χ2v) is 6.44. The molecule has 20 heavy (non-hydrogen) atoms. The number of hydrogen-bond donors (Lipinski definition) is 0. The zero-order chi connectivity index (χ0) is 13.8. The predicted molar refractivity (Wildman–Crippen MR) is 76.6 cm³/mol. The molecule has 3 heterocycles. The van der Waals surface area contributed by atoms with Crippen LogP contribution >= 0.6 is 11.3 Å². The number of aryl methyl sites for hydroxylation is 1. The molecule has 0 radical (unpaired) electrons. The maximum Gasteiger partial charge on any atom is 0.239 e. The van der Waals surface area contributed by atoms with Crippen molar-refractivity contribution in [3.63, 3.8) is 0 Å². The Morgan fingerprint density at radius 2 is 2.40 bits per heavy atom. The summed E-state index contributed by atoms with van der Waals surface area (Å²) in [5.74, 6) is 1.74. The van der Waals surface area contributed by atoms with E-state index in [1.165, 1.54) is 0 Å². The molecule has 6 nitrogen and oxygen atoms in total. The highest BCUT2D eigenvalue weighted by molar-refractivity contribution is 7.84. The van der Waals surface area contributed by atoms with Crippen LogP contribution in [0.3, 0.4) is 0 Å². The maximum atomic E-state index is 11.9. The van der Waals surface area contributed by atoms with Gasteiger partial charge in [0.05, 0.1) is 6.54 Å². The smallest absolute Gasteiger partial charge is 0.239 e. The van der Waals surface area contributed by atoms with Crippen LogP contribution in [0.4, 0.5) is 0 Å². The molecule has 104 valence electrons. The van der Waals surface area contributed by atoms with Crippen LogP contribution in [0, 0.1) is 0 Å². The van der Waals surface area contributed by atoms with Crippen LogP contribution in [0.15, 0.2) is 39.8 Å². The number of thiophene rings is 1. The van der Waals surface area contributed by atoms with Crippen molar-refractivity contribution in [1.29, 1.82) is 0 Å². The van der Waals surface area contributed by atoms with Crippen molar-refractivity contribution in [3.05, 3.63) is 41.2 Å². The van der Waals surface area contributed by atoms with Crippen LogP contribution in [0.5, 0.6) is 0 Å². The molecule has 3 aromatic heterocycles. The SMILES string of the molecule is O=[S@@](CCn1cccn1)Cc1nc(-c2ccsc2)no1. The topological polar surface area (TPSA) is 73.8 Å². The number of aromatic nitrogens is 4. The third kappa shape index (κ3) is 3.20. The van der Waals surface area contributed by atoms with Gasteiger partial charge in [0.2, 0.25) is 11.7 Å². The van der Waals surface area contributed by atoms with Gasteiger partial charge in [0.1, 0.15) is 5.75 Å². The first-order valence-corrected chi connectivity index (χ1v) is 8.42. The fourth-order valence-corrected chi connectivity index (χ4v) is 3.22. The molecule has 0 aliphatic rings. The third-order valence-corrected chi connectivity index (χ3v) is 4.53. The van der Waals surface area contributed by atoms with E-state index in [0.29, 0.717) is 24.0 Å². The molecule has 0 unspecified atom stereocenters. The van der Waals surface area contributed by atoms with Gasteiger partial charge in [-0.1, -0.05) is 5.16 Å². The Kier molecular flexibility index (Phi) is 4.03. The minimum atomic E-state index is -1.04. The van der Waals surface area contributed by atoms with E-state index in [9.17, 15) is 4.21 Å². The van der Waals surface area contributed by atoms with Crippen LogP contribution < -0.4 is 0 Å². The first kappa shape index (κ1) is 13.2. The molecule has 0 aromatic carbocycles. The van der Waals surface area contributed by atoms with Crippen molar-refractivity contribution < 1.29 is 8.73 Å². The summed E-state index contributed by atoms with van der Waals surface area (Å²) in [7, 11) is -1.04. The van der Waals surface area contributed by atoms with Crippen molar-refractivity contribution in [2.45, 2.75) is 12.3 Å². The van der Waals surface area contributed by atoms with Crippen molar-refractivity contribution in [1.82, 2.24) is 19.9 Å². The van der Waals surface area contributed by atoms with Crippen LogP contribution in [-0.4, -0.2) is 29.9 Å². The molecule has 0 fully saturated rings. The Hall–Kier alpha value is -1.80. The number of nitrogens with zero attached hydrogens (tertiary/aromatic N) is 4. The van der Waals surface area contributed by atoms with Crippen molar-refractivity contribution in [2.75, 3.05) is 5.75 Å². The normalized spacial score (nSPS) is 12.6. The number of hydrogen-bond acceptors (Lipinski definition) is 6. The summed E-state index contributed by atoms with van der Waals surface area (Å²) >= 11 is 1.57. The van der Waals surface area contributed by atoms with Crippen LogP contribution in [0.25, 0.3) is 11.4 Å². The van der Waals surface area contributed by atoms with Gasteiger partial charge in [0.25, 0.3) is 0 Å². The van der Waals surface area contributed by atoms with E-state index in [2.05, 4.69) is 15.2 Å². The summed E-state index contributed by atoms with van der Waals surface area (Å²) in [5, 5.41) is 11.9. The molecule has 0 saturated heterocycles. The molecule has 0 N–H and O–H groups in total. The standard InChI is InChI=1S/C12H12N4O2S2/c17-20(7-5-16-4-1-3-13-16)9-11-14-12(15-18-11)10-2-6-19-8-10/h1-4,6,8H,5,7,9H2/t20-/m0/s1. The van der Waals surface area contributed by atoms with E-state index >= 15 is 0 Å². The molecule has 0 bridgehead atoms. The molecule has 1 atom stereocenters. The first-order chi connectivity index (χ1) is 9.81. The summed E-state index contributed by atoms with van der Waals surface area (Å²) in [5.41, 5.74) is 0.923. The molecule has 0 amide bonds. The average Bonchev–Trinajstić information content (AvgIpc) is 3.18. The van der Waals surface area contributed by atoms with Crippen molar-refractivity contribution in [3.8, 4) is 11.4 Å². The highest BCUT2D eigenvalue weighted by Crippen LogP contribution is 2.18. The summed E-state index contributed by atoms with van der Waals surface area (Å²) in [4.78, 5) is 4.25. The minimum absolute atomic E-state index is 0.276. The summed E-state index contributed by atoms with van der Waals surface area (Å²) in [6.45, 7) is 0.616. The molecule has 0 aliphatic carbocycles. The first-order valence-electron chi connectivity index (χ1n) is 5.99. The van der Waals surface area contributed by atoms with E-state index in [1.54, 1.807) is 22.2 Å². The summed E-state index contributed by atoms with van der Waals surface area (Å²) in [6.07, 6.45) is 3.55. The Morgan fingerprint density at radius 3 is 3.15 bits per heavy atom. The van der Waals surface area contributed by atoms with Gasteiger partial charge in [0.15, 0.2) is 0 Å². The van der Waals surface area contributed by atoms with Crippen LogP contribution in [0.2, 0.25) is 0 Å². The largest absolute Gasteiger partial charge is 0.338 e. The highest BCUT2D eigenvalue weighted by atomic mass is 32.2. The molecular formula is C12H12N4O2S2. The van der Waals surface area contributed by atoms with Crippen LogP contribution in [-0.2, 0) is 23.1 Å². The van der Waals surface area contributed by atoms with Gasteiger partial charge in [-0.05, 0) is 17.5 Å². The molecule has 3 aromatic rings. The van der Waals surface area contributed by atoms with E-state index in [4.69, 9.17) is 4.52 Å². The lowest BCUT2D eigenvalue weighted by Crippen LogP contribution is -2.09. The predicted octanol–water partition coefficient (Wildman–Crippen LogP) is 1.94. The maximum absolute atomic E-state index is 11.9. The molecule has 0 saturated carbocycles. The fraction of sp³-hybridized carbons (Fsp3) is 0.250. The molecule has 0 aliphatic heterocycles. The zero-order valence-corrected chi connectivity index (χ0v) is 12.1. The van der Waals surface area contributed by atoms with Crippen molar-refractivity contribution >= 4 is 22.1 Å². The minimum Gasteiger partial charge on any atom is -0.338 e. The van der Waals surface area contributed by atoms with E-state index in [0.717, 1.165) is 5.56 Å². The van der Waals surface area contributed by atoms with Gasteiger partial charge in [-0.25, -0.2) is 0 Å². The second kappa shape index (κ2) is 6.10. The van der Waals surface area contributed by atoms with Gasteiger partial charge < -0.3 is 4.52 Å². The van der Waals surface area contributed by atoms with Gasteiger partial charge in [-0.3, -0.25) is 8.89 Å². The van der Waals surface area contributed by atoms with Gasteiger partial charge in [-0.2, -0.15) is 21.4 Å². The Morgan fingerprint density at radius 1 is 1.45 bits per heavy atom. The monoisotopic (exact) mass is 308 g/mol. The average molecular weight is 308 g/mol. The fourth-order valence-electron chi connectivity index (χ4n) is 1.66. The summed E-state index contributed by atoms with van der Waals surface area (Å²) < 4.78 is 18.8. The van der Waals surface area contributed by atoms with Crippen molar-refractivity contribution in [2.24, 2.45) is 0 Å². The van der Waals surface area contributed by atoms with Gasteiger partial charge in [0, 0.05) is 39.9 Å². The Bertz CT molecular complexity index is 676. The highest BCUT2D eigenvalue weighted by Gasteiger charge is 2.12. The van der Waals surface area contributed by atoms with Gasteiger partial charge in [-0.15, -0.1) is 0 Å². The van der Waals surface area contributed by atoms with Crippen LogP contribution in [0.1, 0.15) is 5.89 Å². The molecule has 8 heteroatoms.